The molecule has 0 amide bonds. The second-order valence-electron chi connectivity index (χ2n) is 4.98. The van der Waals surface area contributed by atoms with E-state index in [1.54, 1.807) is 6.20 Å². The van der Waals surface area contributed by atoms with Gasteiger partial charge in [-0.05, 0) is 30.7 Å². The predicted octanol–water partition coefficient (Wildman–Crippen LogP) is 3.21. The highest BCUT2D eigenvalue weighted by Gasteiger charge is 1.99. The van der Waals surface area contributed by atoms with Crippen molar-refractivity contribution < 1.29 is 4.74 Å². The number of benzene rings is 1. The molecule has 2 heterocycles. The maximum absolute atomic E-state index is 5.76. The van der Waals surface area contributed by atoms with E-state index in [9.17, 15) is 0 Å². The molecule has 0 N–H and O–H groups in total. The van der Waals surface area contributed by atoms with Gasteiger partial charge in [-0.1, -0.05) is 18.2 Å². The van der Waals surface area contributed by atoms with Crippen molar-refractivity contribution in [3.63, 3.8) is 0 Å². The number of aryl methyl sites for hydroxylation is 1. The van der Waals surface area contributed by atoms with Gasteiger partial charge in [0.2, 0.25) is 0 Å². The van der Waals surface area contributed by atoms with E-state index >= 15 is 0 Å². The third-order valence-electron chi connectivity index (χ3n) is 3.23. The molecule has 0 aliphatic carbocycles. The minimum absolute atomic E-state index is 0.536. The van der Waals surface area contributed by atoms with Gasteiger partial charge >= 0.3 is 0 Å². The largest absolute Gasteiger partial charge is 0.489 e. The lowest BCUT2D eigenvalue weighted by molar-refractivity contribution is 0.305. The molecule has 0 unspecified atom stereocenters. The first-order valence-electron chi connectivity index (χ1n) is 6.88. The van der Waals surface area contributed by atoms with Crippen molar-refractivity contribution in [2.75, 3.05) is 0 Å². The van der Waals surface area contributed by atoms with Gasteiger partial charge < -0.3 is 9.30 Å². The van der Waals surface area contributed by atoms with Crippen LogP contribution in [0.2, 0.25) is 0 Å². The topological polar surface area (TPSA) is 39.9 Å². The maximum Gasteiger partial charge on any atom is 0.119 e. The van der Waals surface area contributed by atoms with Crippen LogP contribution in [0.1, 0.15) is 16.8 Å². The van der Waals surface area contributed by atoms with Gasteiger partial charge in [0.15, 0.2) is 0 Å². The van der Waals surface area contributed by atoms with Crippen LogP contribution in [0.3, 0.4) is 0 Å². The Morgan fingerprint density at radius 1 is 1.05 bits per heavy atom. The molecule has 3 aromatic rings. The number of imidazole rings is 1. The summed E-state index contributed by atoms with van der Waals surface area (Å²) in [6.07, 6.45) is 7.40. The third kappa shape index (κ3) is 3.69. The Morgan fingerprint density at radius 3 is 2.52 bits per heavy atom. The van der Waals surface area contributed by atoms with E-state index in [2.05, 4.69) is 22.1 Å². The molecule has 0 atom stereocenters. The summed E-state index contributed by atoms with van der Waals surface area (Å²) in [6.45, 7) is 3.33. The standard InChI is InChI=1S/C17H17N3O/c1-14-2-3-16(10-19-14)12-21-17-6-4-15(5-7-17)11-20-9-8-18-13-20/h2-10,13H,11-12H2,1H3. The molecule has 0 aliphatic heterocycles. The Balaban J connectivity index is 1.58. The number of aromatic nitrogens is 3. The molecular formula is C17H17N3O. The zero-order valence-electron chi connectivity index (χ0n) is 11.9. The lowest BCUT2D eigenvalue weighted by Crippen LogP contribution is -1.98. The highest BCUT2D eigenvalue weighted by molar-refractivity contribution is 5.28. The normalized spacial score (nSPS) is 10.5. The fourth-order valence-electron chi connectivity index (χ4n) is 2.03. The first kappa shape index (κ1) is 13.4. The van der Waals surface area contributed by atoms with Crippen molar-refractivity contribution in [2.24, 2.45) is 0 Å². The van der Waals surface area contributed by atoms with Crippen molar-refractivity contribution >= 4 is 0 Å². The molecule has 0 aliphatic rings. The first-order valence-corrected chi connectivity index (χ1v) is 6.88. The summed E-state index contributed by atoms with van der Waals surface area (Å²) in [5.74, 6) is 0.866. The van der Waals surface area contributed by atoms with E-state index in [0.29, 0.717) is 6.61 Å². The Morgan fingerprint density at radius 2 is 1.86 bits per heavy atom. The summed E-state index contributed by atoms with van der Waals surface area (Å²) in [7, 11) is 0. The van der Waals surface area contributed by atoms with Crippen LogP contribution >= 0.6 is 0 Å². The Hall–Kier alpha value is -2.62. The summed E-state index contributed by atoms with van der Waals surface area (Å²) in [5.41, 5.74) is 3.31. The average molecular weight is 279 g/mol. The van der Waals surface area contributed by atoms with E-state index in [-0.39, 0.29) is 0 Å². The Kier molecular flexibility index (Phi) is 3.96. The zero-order valence-corrected chi connectivity index (χ0v) is 11.9. The summed E-state index contributed by atoms with van der Waals surface area (Å²) in [4.78, 5) is 8.30. The van der Waals surface area contributed by atoms with Crippen LogP contribution < -0.4 is 4.74 Å². The number of rotatable bonds is 5. The van der Waals surface area contributed by atoms with Crippen LogP contribution in [0.25, 0.3) is 0 Å². The molecule has 2 aromatic heterocycles. The molecule has 3 rings (SSSR count). The van der Waals surface area contributed by atoms with Gasteiger partial charge in [-0.25, -0.2) is 4.98 Å². The third-order valence-corrected chi connectivity index (χ3v) is 3.23. The molecule has 0 bridgehead atoms. The number of ether oxygens (including phenoxy) is 1. The fourth-order valence-corrected chi connectivity index (χ4v) is 2.03. The van der Waals surface area contributed by atoms with Gasteiger partial charge in [-0.2, -0.15) is 0 Å². The minimum atomic E-state index is 0.536. The highest BCUT2D eigenvalue weighted by Crippen LogP contribution is 2.15. The summed E-state index contributed by atoms with van der Waals surface area (Å²) in [6, 6.07) is 12.2. The quantitative estimate of drug-likeness (QED) is 0.720. The SMILES string of the molecule is Cc1ccc(COc2ccc(Cn3ccnc3)cc2)cn1. The van der Waals surface area contributed by atoms with E-state index in [4.69, 9.17) is 4.74 Å². The monoisotopic (exact) mass is 279 g/mol. The van der Waals surface area contributed by atoms with Crippen LogP contribution in [0.15, 0.2) is 61.3 Å². The summed E-state index contributed by atoms with van der Waals surface area (Å²) < 4.78 is 7.80. The molecular weight excluding hydrogens is 262 g/mol. The maximum atomic E-state index is 5.76. The average Bonchev–Trinajstić information content (AvgIpc) is 3.01. The first-order chi connectivity index (χ1) is 10.3. The molecule has 1 aromatic carbocycles. The van der Waals surface area contributed by atoms with Gasteiger partial charge in [0.25, 0.3) is 0 Å². The Bertz CT molecular complexity index is 673. The van der Waals surface area contributed by atoms with E-state index in [0.717, 1.165) is 23.6 Å². The summed E-state index contributed by atoms with van der Waals surface area (Å²) in [5, 5.41) is 0. The second-order valence-corrected chi connectivity index (χ2v) is 4.98. The van der Waals surface area contributed by atoms with Gasteiger partial charge in [-0.15, -0.1) is 0 Å². The highest BCUT2D eigenvalue weighted by atomic mass is 16.5. The van der Waals surface area contributed by atoms with Gasteiger partial charge in [0.1, 0.15) is 12.4 Å². The van der Waals surface area contributed by atoms with Crippen molar-refractivity contribution in [2.45, 2.75) is 20.1 Å². The molecule has 0 fully saturated rings. The fraction of sp³-hybridized carbons (Fsp3) is 0.176. The second kappa shape index (κ2) is 6.22. The minimum Gasteiger partial charge on any atom is -0.489 e. The van der Waals surface area contributed by atoms with Crippen LogP contribution in [0.5, 0.6) is 5.75 Å². The van der Waals surface area contributed by atoms with Crippen LogP contribution in [0, 0.1) is 6.92 Å². The molecule has 4 heteroatoms. The lowest BCUT2D eigenvalue weighted by Gasteiger charge is -2.08. The predicted molar refractivity (Wildman–Crippen MR) is 81.1 cm³/mol. The smallest absolute Gasteiger partial charge is 0.119 e. The molecule has 0 saturated carbocycles. The van der Waals surface area contributed by atoms with Crippen molar-refractivity contribution in [3.05, 3.63) is 78.1 Å². The van der Waals surface area contributed by atoms with Gasteiger partial charge in [-0.3, -0.25) is 4.98 Å². The van der Waals surface area contributed by atoms with Crippen LogP contribution in [-0.2, 0) is 13.2 Å². The molecule has 0 radical (unpaired) electrons. The molecule has 4 nitrogen and oxygen atoms in total. The molecule has 21 heavy (non-hydrogen) atoms. The Labute approximate surface area is 124 Å². The number of hydrogen-bond donors (Lipinski definition) is 0. The van der Waals surface area contributed by atoms with Crippen LogP contribution in [-0.4, -0.2) is 14.5 Å². The van der Waals surface area contributed by atoms with Gasteiger partial charge in [0, 0.05) is 36.4 Å². The van der Waals surface area contributed by atoms with E-state index < -0.39 is 0 Å². The summed E-state index contributed by atoms with van der Waals surface area (Å²) >= 11 is 0. The van der Waals surface area contributed by atoms with Gasteiger partial charge in [0.05, 0.1) is 6.33 Å². The number of hydrogen-bond acceptors (Lipinski definition) is 3. The van der Waals surface area contributed by atoms with Crippen molar-refractivity contribution in [1.82, 2.24) is 14.5 Å². The van der Waals surface area contributed by atoms with Crippen molar-refractivity contribution in [3.8, 4) is 5.75 Å². The van der Waals surface area contributed by atoms with Crippen LogP contribution in [0.4, 0.5) is 0 Å². The molecule has 0 saturated heterocycles. The molecule has 106 valence electrons. The van der Waals surface area contributed by atoms with E-state index in [1.165, 1.54) is 5.56 Å². The zero-order chi connectivity index (χ0) is 14.5. The molecule has 0 spiro atoms. The van der Waals surface area contributed by atoms with E-state index in [1.807, 2.05) is 54.5 Å². The number of pyridine rings is 1. The number of nitrogens with zero attached hydrogens (tertiary/aromatic N) is 3. The lowest BCUT2D eigenvalue weighted by atomic mass is 10.2. The van der Waals surface area contributed by atoms with Crippen molar-refractivity contribution in [1.29, 1.82) is 0 Å².